The molecular formula is C17H23N5O2. The Hall–Kier alpha value is -2.25. The molecule has 7 heteroatoms. The van der Waals surface area contributed by atoms with Gasteiger partial charge in [0.1, 0.15) is 0 Å². The smallest absolute Gasteiger partial charge is 0.226 e. The van der Waals surface area contributed by atoms with Crippen molar-refractivity contribution in [1.29, 1.82) is 0 Å². The van der Waals surface area contributed by atoms with Gasteiger partial charge in [-0.3, -0.25) is 19.4 Å². The lowest BCUT2D eigenvalue weighted by Crippen LogP contribution is -2.40. The predicted octanol–water partition coefficient (Wildman–Crippen LogP) is 0.673. The first kappa shape index (κ1) is 16.6. The SMILES string of the molecule is COCCNC(=O)[C@H]1CN(Cc2cccnc2)Cc2ccnn2C1. The van der Waals surface area contributed by atoms with Gasteiger partial charge in [0, 0.05) is 51.9 Å². The van der Waals surface area contributed by atoms with E-state index >= 15 is 0 Å². The molecule has 24 heavy (non-hydrogen) atoms. The van der Waals surface area contributed by atoms with Crippen LogP contribution in [0.25, 0.3) is 0 Å². The highest BCUT2D eigenvalue weighted by Crippen LogP contribution is 2.18. The Labute approximate surface area is 141 Å². The molecule has 1 amide bonds. The lowest BCUT2D eigenvalue weighted by molar-refractivity contribution is -0.126. The quantitative estimate of drug-likeness (QED) is 0.789. The van der Waals surface area contributed by atoms with E-state index in [1.165, 1.54) is 0 Å². The molecule has 0 saturated heterocycles. The summed E-state index contributed by atoms with van der Waals surface area (Å²) < 4.78 is 6.93. The molecule has 2 aromatic rings. The van der Waals surface area contributed by atoms with Gasteiger partial charge in [-0.2, -0.15) is 5.10 Å². The van der Waals surface area contributed by atoms with Crippen molar-refractivity contribution in [2.24, 2.45) is 5.92 Å². The summed E-state index contributed by atoms with van der Waals surface area (Å²) >= 11 is 0. The van der Waals surface area contributed by atoms with Crippen LogP contribution in [0.15, 0.2) is 36.8 Å². The molecule has 0 unspecified atom stereocenters. The minimum atomic E-state index is -0.139. The van der Waals surface area contributed by atoms with Gasteiger partial charge >= 0.3 is 0 Å². The van der Waals surface area contributed by atoms with Crippen LogP contribution in [0.1, 0.15) is 11.3 Å². The Morgan fingerprint density at radius 1 is 1.38 bits per heavy atom. The van der Waals surface area contributed by atoms with Crippen molar-refractivity contribution >= 4 is 5.91 Å². The topological polar surface area (TPSA) is 72.3 Å². The van der Waals surface area contributed by atoms with Gasteiger partial charge in [-0.25, -0.2) is 0 Å². The number of nitrogens with one attached hydrogen (secondary N) is 1. The zero-order valence-corrected chi connectivity index (χ0v) is 13.9. The first-order chi connectivity index (χ1) is 11.8. The van der Waals surface area contributed by atoms with Crippen molar-refractivity contribution < 1.29 is 9.53 Å². The summed E-state index contributed by atoms with van der Waals surface area (Å²) in [5.41, 5.74) is 2.27. The second-order valence-corrected chi connectivity index (χ2v) is 6.02. The number of amides is 1. The summed E-state index contributed by atoms with van der Waals surface area (Å²) in [6.07, 6.45) is 5.44. The molecule has 0 aromatic carbocycles. The van der Waals surface area contributed by atoms with Gasteiger partial charge in [-0.15, -0.1) is 0 Å². The fourth-order valence-corrected chi connectivity index (χ4v) is 2.99. The number of rotatable bonds is 6. The molecule has 0 saturated carbocycles. The zero-order valence-electron chi connectivity index (χ0n) is 13.9. The standard InChI is InChI=1S/C17H23N5O2/c1-24-8-7-19-17(23)15-11-21(10-14-3-2-5-18-9-14)13-16-4-6-20-22(16)12-15/h2-6,9,15H,7-8,10-13H2,1H3,(H,19,23)/t15-/m0/s1. The van der Waals surface area contributed by atoms with Crippen molar-refractivity contribution in [3.8, 4) is 0 Å². The van der Waals surface area contributed by atoms with Gasteiger partial charge in [0.05, 0.1) is 24.8 Å². The van der Waals surface area contributed by atoms with E-state index in [0.29, 0.717) is 26.2 Å². The predicted molar refractivity (Wildman–Crippen MR) is 89.0 cm³/mol. The van der Waals surface area contributed by atoms with Crippen LogP contribution in [0.5, 0.6) is 0 Å². The van der Waals surface area contributed by atoms with E-state index in [0.717, 1.165) is 24.3 Å². The molecular weight excluding hydrogens is 306 g/mol. The maximum Gasteiger partial charge on any atom is 0.226 e. The van der Waals surface area contributed by atoms with Crippen molar-refractivity contribution in [1.82, 2.24) is 25.0 Å². The summed E-state index contributed by atoms with van der Waals surface area (Å²) in [5.74, 6) is -0.0914. The zero-order chi connectivity index (χ0) is 16.8. The highest BCUT2D eigenvalue weighted by atomic mass is 16.5. The molecule has 128 valence electrons. The molecule has 0 fully saturated rings. The third-order valence-corrected chi connectivity index (χ3v) is 4.17. The minimum Gasteiger partial charge on any atom is -0.383 e. The first-order valence-electron chi connectivity index (χ1n) is 8.15. The largest absolute Gasteiger partial charge is 0.383 e. The molecule has 7 nitrogen and oxygen atoms in total. The van der Waals surface area contributed by atoms with Crippen LogP contribution in [0, 0.1) is 5.92 Å². The van der Waals surface area contributed by atoms with Crippen molar-refractivity contribution in [2.75, 3.05) is 26.8 Å². The van der Waals surface area contributed by atoms with Gasteiger partial charge in [-0.1, -0.05) is 6.07 Å². The Kier molecular flexibility index (Phi) is 5.55. The van der Waals surface area contributed by atoms with Gasteiger partial charge in [-0.05, 0) is 17.7 Å². The number of hydrogen-bond donors (Lipinski definition) is 1. The molecule has 1 aliphatic heterocycles. The summed E-state index contributed by atoms with van der Waals surface area (Å²) in [6, 6.07) is 6.01. The molecule has 3 rings (SSSR count). The second-order valence-electron chi connectivity index (χ2n) is 6.02. The van der Waals surface area contributed by atoms with Gasteiger partial charge in [0.15, 0.2) is 0 Å². The monoisotopic (exact) mass is 329 g/mol. The number of hydrogen-bond acceptors (Lipinski definition) is 5. The summed E-state index contributed by atoms with van der Waals surface area (Å²) in [5, 5.41) is 7.30. The Morgan fingerprint density at radius 2 is 2.29 bits per heavy atom. The molecule has 0 aliphatic carbocycles. The van der Waals surface area contributed by atoms with Crippen LogP contribution in [0.4, 0.5) is 0 Å². The van der Waals surface area contributed by atoms with Crippen LogP contribution < -0.4 is 5.32 Å². The summed E-state index contributed by atoms with van der Waals surface area (Å²) in [4.78, 5) is 19.0. The van der Waals surface area contributed by atoms with Crippen molar-refractivity contribution in [3.05, 3.63) is 48.0 Å². The molecule has 1 N–H and O–H groups in total. The van der Waals surface area contributed by atoms with Crippen LogP contribution in [0.2, 0.25) is 0 Å². The minimum absolute atomic E-state index is 0.0478. The lowest BCUT2D eigenvalue weighted by Gasteiger charge is -2.23. The summed E-state index contributed by atoms with van der Waals surface area (Å²) in [7, 11) is 1.63. The fraction of sp³-hybridized carbons (Fsp3) is 0.471. The fourth-order valence-electron chi connectivity index (χ4n) is 2.99. The number of carbonyl (C=O) groups is 1. The van der Waals surface area contributed by atoms with Crippen molar-refractivity contribution in [3.63, 3.8) is 0 Å². The number of carbonyl (C=O) groups excluding carboxylic acids is 1. The molecule has 2 aromatic heterocycles. The molecule has 0 radical (unpaired) electrons. The highest BCUT2D eigenvalue weighted by molar-refractivity contribution is 5.78. The molecule has 1 aliphatic rings. The maximum absolute atomic E-state index is 12.5. The van der Waals surface area contributed by atoms with Gasteiger partial charge in [0.2, 0.25) is 5.91 Å². The van der Waals surface area contributed by atoms with Gasteiger partial charge in [0.25, 0.3) is 0 Å². The third kappa shape index (κ3) is 4.18. The Balaban J connectivity index is 1.71. The van der Waals surface area contributed by atoms with Gasteiger partial charge < -0.3 is 10.1 Å². The van der Waals surface area contributed by atoms with E-state index in [2.05, 4.69) is 26.4 Å². The van der Waals surface area contributed by atoms with Crippen LogP contribution in [-0.2, 0) is 29.2 Å². The van der Waals surface area contributed by atoms with Crippen LogP contribution >= 0.6 is 0 Å². The third-order valence-electron chi connectivity index (χ3n) is 4.17. The number of fused-ring (bicyclic) bond motifs is 1. The molecule has 0 bridgehead atoms. The number of nitrogens with zero attached hydrogens (tertiary/aromatic N) is 4. The average molecular weight is 329 g/mol. The first-order valence-corrected chi connectivity index (χ1v) is 8.15. The number of ether oxygens (including phenoxy) is 1. The van der Waals surface area contributed by atoms with E-state index in [1.807, 2.05) is 23.0 Å². The van der Waals surface area contributed by atoms with E-state index < -0.39 is 0 Å². The van der Waals surface area contributed by atoms with E-state index in [4.69, 9.17) is 4.74 Å². The highest BCUT2D eigenvalue weighted by Gasteiger charge is 2.27. The number of methoxy groups -OCH3 is 1. The normalized spacial score (nSPS) is 18.0. The Morgan fingerprint density at radius 3 is 3.08 bits per heavy atom. The van der Waals surface area contributed by atoms with E-state index in [1.54, 1.807) is 19.5 Å². The van der Waals surface area contributed by atoms with Crippen LogP contribution in [0.3, 0.4) is 0 Å². The maximum atomic E-state index is 12.5. The summed E-state index contributed by atoms with van der Waals surface area (Å²) in [6.45, 7) is 3.88. The number of pyridine rings is 1. The number of aromatic nitrogens is 3. The van der Waals surface area contributed by atoms with Crippen LogP contribution in [-0.4, -0.2) is 52.4 Å². The second kappa shape index (κ2) is 8.03. The average Bonchev–Trinajstić information content (AvgIpc) is 2.94. The molecule has 0 spiro atoms. The van der Waals surface area contributed by atoms with E-state index in [9.17, 15) is 4.79 Å². The van der Waals surface area contributed by atoms with E-state index in [-0.39, 0.29) is 11.8 Å². The Bertz CT molecular complexity index is 658. The molecule has 3 heterocycles. The van der Waals surface area contributed by atoms with Crippen molar-refractivity contribution in [2.45, 2.75) is 19.6 Å². The molecule has 1 atom stereocenters. The lowest BCUT2D eigenvalue weighted by atomic mass is 10.1.